The van der Waals surface area contributed by atoms with Crippen molar-refractivity contribution in [3.05, 3.63) is 266 Å². The lowest BCUT2D eigenvalue weighted by atomic mass is 9.90. The van der Waals surface area contributed by atoms with Crippen molar-refractivity contribution >= 4 is 0 Å². The van der Waals surface area contributed by atoms with Gasteiger partial charge < -0.3 is 0 Å². The molecule has 0 saturated carbocycles. The maximum atomic E-state index is 8.48. The summed E-state index contributed by atoms with van der Waals surface area (Å²) < 4.78 is 36.0. The van der Waals surface area contributed by atoms with E-state index < -0.39 is 17.7 Å². The van der Waals surface area contributed by atoms with Crippen molar-refractivity contribution < 1.29 is 26.9 Å². The minimum atomic E-state index is -0.737. The molecule has 94 heavy (non-hydrogen) atoms. The zero-order valence-corrected chi connectivity index (χ0v) is 62.9. The largest absolute Gasteiger partial charge is 0.212 e. The van der Waals surface area contributed by atoms with Gasteiger partial charge in [0.25, 0.3) is 0 Å². The Hall–Kier alpha value is -8.15. The van der Waals surface area contributed by atoms with Crippen LogP contribution in [0.15, 0.2) is 183 Å². The molecule has 0 saturated heterocycles. The van der Waals surface area contributed by atoms with Gasteiger partial charge in [-0.3, -0.25) is 0 Å². The van der Waals surface area contributed by atoms with Crippen molar-refractivity contribution in [1.29, 1.82) is 0 Å². The summed E-state index contributed by atoms with van der Waals surface area (Å²) in [5, 5.41) is 0. The molecule has 0 fully saturated rings. The van der Waals surface area contributed by atoms with Crippen molar-refractivity contribution in [1.82, 2.24) is 0 Å². The normalized spacial score (nSPS) is 12.0. The molecule has 5 aromatic heterocycles. The molecule has 5 heterocycles. The van der Waals surface area contributed by atoms with Crippen LogP contribution in [0.25, 0.3) is 56.3 Å². The van der Waals surface area contributed by atoms with E-state index in [-0.39, 0.29) is 0 Å². The van der Waals surface area contributed by atoms with Gasteiger partial charge in [0.05, 0.1) is 0 Å². The maximum absolute atomic E-state index is 8.48. The van der Waals surface area contributed by atoms with Gasteiger partial charge in [0.1, 0.15) is 35.2 Å². The Morgan fingerprint density at radius 2 is 0.564 bits per heavy atom. The summed E-state index contributed by atoms with van der Waals surface area (Å²) in [6.07, 6.45) is 10.9. The van der Waals surface area contributed by atoms with Crippen molar-refractivity contribution in [2.45, 2.75) is 194 Å². The van der Waals surface area contributed by atoms with E-state index >= 15 is 0 Å². The second-order valence-corrected chi connectivity index (χ2v) is 28.2. The number of aromatic nitrogens is 5. The molecule has 0 radical (unpaired) electrons. The molecule has 0 aliphatic heterocycles. The first-order chi connectivity index (χ1) is 45.2. The molecule has 0 N–H and O–H groups in total. The molecule has 5 nitrogen and oxygen atoms in total. The van der Waals surface area contributed by atoms with Crippen LogP contribution < -0.4 is 22.8 Å². The lowest BCUT2D eigenvalue weighted by Gasteiger charge is -2.16. The molecular formula is C89H118N5+5. The van der Waals surface area contributed by atoms with E-state index in [0.717, 1.165) is 22.4 Å². The fraction of sp³-hybridized carbons (Fsp3) is 0.382. The molecule has 0 spiro atoms. The van der Waals surface area contributed by atoms with E-state index in [2.05, 4.69) is 326 Å². The van der Waals surface area contributed by atoms with Crippen LogP contribution in [-0.2, 0) is 35.2 Å². The number of rotatable bonds is 12. The van der Waals surface area contributed by atoms with Gasteiger partial charge in [-0.15, -0.1) is 0 Å². The van der Waals surface area contributed by atoms with E-state index in [0.29, 0.717) is 23.7 Å². The smallest absolute Gasteiger partial charge is 0.201 e. The maximum Gasteiger partial charge on any atom is 0.212 e. The van der Waals surface area contributed by atoms with E-state index in [4.69, 9.17) is 4.11 Å². The molecule has 5 aromatic carbocycles. The van der Waals surface area contributed by atoms with E-state index in [1.165, 1.54) is 117 Å². The summed E-state index contributed by atoms with van der Waals surface area (Å²) in [5.41, 5.74) is 31.5. The Labute approximate surface area is 575 Å². The highest BCUT2D eigenvalue weighted by Crippen LogP contribution is 2.33. The van der Waals surface area contributed by atoms with Crippen molar-refractivity contribution in [2.24, 2.45) is 35.2 Å². The predicted octanol–water partition coefficient (Wildman–Crippen LogP) is 21.2. The number of aryl methyl sites for hydroxylation is 13. The SMILES string of the molecule is Cc1ccc(-c2ccc(C(C)C)c[n+]2C)c(C)c1.Cc1ccccc1-c1cc(C(C)C)c(C(C)C)c[n+]1C.Cc1ccccc1-c1cc(C)c(C(C)C)c[n+]1C.[2H]C(C)(C)c1c[n+](C)c(-c2ccccc2C)cc1C.[2H]C(C)(C)c1cc(-c2ccccc2C)[n+](C)cc1C([2H])(C)C. The van der Waals surface area contributed by atoms with E-state index in [1.54, 1.807) is 0 Å². The van der Waals surface area contributed by atoms with Crippen LogP contribution in [0.5, 0.6) is 0 Å². The number of hydrogen-bond donors (Lipinski definition) is 0. The van der Waals surface area contributed by atoms with E-state index in [1.807, 2.05) is 66.9 Å². The Kier molecular flexibility index (Phi) is 25.2. The van der Waals surface area contributed by atoms with Crippen LogP contribution >= 0.6 is 0 Å². The van der Waals surface area contributed by atoms with Crippen molar-refractivity contribution in [2.75, 3.05) is 0 Å². The summed E-state index contributed by atoms with van der Waals surface area (Å²) in [5.74, 6) is 0.230. The Morgan fingerprint density at radius 3 is 0.915 bits per heavy atom. The van der Waals surface area contributed by atoms with Crippen LogP contribution in [0.4, 0.5) is 0 Å². The lowest BCUT2D eigenvalue weighted by molar-refractivity contribution is -0.661. The molecular weight excluding hydrogens is 1140 g/mol. The Morgan fingerprint density at radius 1 is 0.245 bits per heavy atom. The highest BCUT2D eigenvalue weighted by atomic mass is 14.9. The van der Waals surface area contributed by atoms with Gasteiger partial charge in [-0.25, -0.2) is 22.8 Å². The van der Waals surface area contributed by atoms with Crippen LogP contribution in [0, 0.1) is 55.4 Å². The van der Waals surface area contributed by atoms with Gasteiger partial charge in [0.15, 0.2) is 31.0 Å². The third kappa shape index (κ3) is 19.0. The summed E-state index contributed by atoms with van der Waals surface area (Å²) in [6.45, 7) is 46.7. The fourth-order valence-corrected chi connectivity index (χ4v) is 12.6. The van der Waals surface area contributed by atoms with Crippen LogP contribution in [0.2, 0.25) is 0 Å². The zero-order valence-electron chi connectivity index (χ0n) is 65.9. The molecule has 494 valence electrons. The average molecular weight is 1260 g/mol. The summed E-state index contributed by atoms with van der Waals surface area (Å²) in [4.78, 5) is 0. The highest BCUT2D eigenvalue weighted by Gasteiger charge is 2.24. The van der Waals surface area contributed by atoms with Gasteiger partial charge in [0, 0.05) is 90.1 Å². The molecule has 0 aliphatic carbocycles. The van der Waals surface area contributed by atoms with Crippen LogP contribution in [0.3, 0.4) is 0 Å². The second-order valence-electron chi connectivity index (χ2n) is 28.2. The topological polar surface area (TPSA) is 19.4 Å². The first-order valence-electron chi connectivity index (χ1n) is 35.6. The third-order valence-electron chi connectivity index (χ3n) is 18.3. The quantitative estimate of drug-likeness (QED) is 0.109. The fourth-order valence-electron chi connectivity index (χ4n) is 12.6. The molecule has 0 amide bonds. The summed E-state index contributed by atoms with van der Waals surface area (Å²) in [7, 11) is 10.5. The van der Waals surface area contributed by atoms with Gasteiger partial charge in [0.2, 0.25) is 28.5 Å². The lowest BCUT2D eigenvalue weighted by Crippen LogP contribution is -2.32. The van der Waals surface area contributed by atoms with Crippen molar-refractivity contribution in [3.63, 3.8) is 0 Å². The Balaban J connectivity index is 0.000000192. The first kappa shape index (κ1) is 70.2. The van der Waals surface area contributed by atoms with Gasteiger partial charge >= 0.3 is 0 Å². The summed E-state index contributed by atoms with van der Waals surface area (Å²) >= 11 is 0. The highest BCUT2D eigenvalue weighted by molar-refractivity contribution is 5.65. The molecule has 10 rings (SSSR count). The third-order valence-corrected chi connectivity index (χ3v) is 18.3. The van der Waals surface area contributed by atoms with Gasteiger partial charge in [-0.1, -0.05) is 187 Å². The predicted molar refractivity (Wildman–Crippen MR) is 402 cm³/mol. The van der Waals surface area contributed by atoms with E-state index in [9.17, 15) is 0 Å². The molecule has 5 heteroatoms. The number of pyridine rings is 5. The van der Waals surface area contributed by atoms with Crippen molar-refractivity contribution in [3.8, 4) is 56.3 Å². The minimum absolute atomic E-state index is 0.552. The monoisotopic (exact) mass is 1260 g/mol. The minimum Gasteiger partial charge on any atom is -0.201 e. The first-order valence-corrected chi connectivity index (χ1v) is 34.1. The average Bonchev–Trinajstić information content (AvgIpc) is 0.787. The summed E-state index contributed by atoms with van der Waals surface area (Å²) in [6, 6.07) is 53.9. The molecule has 0 unspecified atom stereocenters. The number of nitrogens with zero attached hydrogens (tertiary/aromatic N) is 5. The second kappa shape index (κ2) is 33.8. The van der Waals surface area contributed by atoms with Gasteiger partial charge in [-0.2, -0.15) is 0 Å². The standard InChI is InChI=1S/2C19H26N.3C17H22N/c2*1-13(2)17-11-19(16-10-8-7-9-15(16)5)20(6)12-18(17)14(3)4;1-12(2)15-7-9-17(18(5)11-15)16-8-6-13(3)10-14(16)4;2*1-12(2)16-11-18(5)17(10-14(16)4)15-9-7-6-8-13(15)3/h2*7-14H,1-6H3;3*6-12H,1-5H3/q5*+1/i13D,14D;;;12D;. The van der Waals surface area contributed by atoms with Crippen LogP contribution in [0.1, 0.15) is 226 Å². The van der Waals surface area contributed by atoms with Gasteiger partial charge in [-0.05, 0) is 183 Å². The molecule has 10 aromatic rings. The molecule has 0 atom stereocenters. The number of hydrogen-bond acceptors (Lipinski definition) is 0. The number of benzene rings is 5. The molecule has 0 aliphatic rings. The zero-order chi connectivity index (χ0) is 72.3. The van der Waals surface area contributed by atoms with Crippen LogP contribution in [-0.4, -0.2) is 0 Å². The Bertz CT molecular complexity index is 4340. The molecule has 0 bridgehead atoms.